The molecular weight excluding hydrogens is 388 g/mol. The Hall–Kier alpha value is -3.25. The SMILES string of the molecule is COCc1ccc(-c2ccc(NC(=O)C(C)(C)Oc3c(F)cccc3F)cc2)cc1. The highest BCUT2D eigenvalue weighted by atomic mass is 19.1. The number of amides is 1. The lowest BCUT2D eigenvalue weighted by molar-refractivity contribution is -0.128. The van der Waals surface area contributed by atoms with Gasteiger partial charge in [-0.15, -0.1) is 0 Å². The van der Waals surface area contributed by atoms with Crippen LogP contribution < -0.4 is 10.1 Å². The van der Waals surface area contributed by atoms with Gasteiger partial charge in [0.1, 0.15) is 0 Å². The zero-order chi connectivity index (χ0) is 21.7. The molecule has 0 saturated carbocycles. The van der Waals surface area contributed by atoms with Crippen LogP contribution in [0.15, 0.2) is 66.7 Å². The minimum Gasteiger partial charge on any atom is -0.472 e. The summed E-state index contributed by atoms with van der Waals surface area (Å²) in [4.78, 5) is 12.6. The van der Waals surface area contributed by atoms with Crippen molar-refractivity contribution in [1.82, 2.24) is 0 Å². The summed E-state index contributed by atoms with van der Waals surface area (Å²) in [6, 6.07) is 18.7. The van der Waals surface area contributed by atoms with Gasteiger partial charge in [0.15, 0.2) is 23.0 Å². The second-order valence-corrected chi connectivity index (χ2v) is 7.32. The molecule has 1 N–H and O–H groups in total. The largest absolute Gasteiger partial charge is 0.472 e. The van der Waals surface area contributed by atoms with Crippen molar-refractivity contribution in [3.05, 3.63) is 83.9 Å². The van der Waals surface area contributed by atoms with Gasteiger partial charge in [-0.2, -0.15) is 0 Å². The van der Waals surface area contributed by atoms with Crippen LogP contribution >= 0.6 is 0 Å². The van der Waals surface area contributed by atoms with E-state index >= 15 is 0 Å². The van der Waals surface area contributed by atoms with Crippen LogP contribution in [-0.4, -0.2) is 18.6 Å². The number of ether oxygens (including phenoxy) is 2. The Morgan fingerprint density at radius 1 is 0.900 bits per heavy atom. The van der Waals surface area contributed by atoms with E-state index in [2.05, 4.69) is 5.32 Å². The third kappa shape index (κ3) is 5.02. The number of methoxy groups -OCH3 is 1. The van der Waals surface area contributed by atoms with Gasteiger partial charge in [0, 0.05) is 12.8 Å². The highest BCUT2D eigenvalue weighted by molar-refractivity contribution is 5.97. The standard InChI is InChI=1S/C24H23F2NO3/c1-24(2,30-22-20(25)5-4-6-21(22)26)23(28)27-19-13-11-18(12-14-19)17-9-7-16(8-10-17)15-29-3/h4-14H,15H2,1-3H3,(H,27,28). The molecule has 3 aromatic rings. The molecule has 0 aliphatic rings. The number of para-hydroxylation sites is 1. The minimum absolute atomic E-state index is 0.526. The highest BCUT2D eigenvalue weighted by Gasteiger charge is 2.32. The van der Waals surface area contributed by atoms with Crippen molar-refractivity contribution in [2.45, 2.75) is 26.1 Å². The zero-order valence-electron chi connectivity index (χ0n) is 17.0. The van der Waals surface area contributed by atoms with Crippen LogP contribution in [-0.2, 0) is 16.1 Å². The Morgan fingerprint density at radius 3 is 1.97 bits per heavy atom. The van der Waals surface area contributed by atoms with Gasteiger partial charge in [-0.05, 0) is 54.8 Å². The van der Waals surface area contributed by atoms with Gasteiger partial charge in [-0.3, -0.25) is 4.79 Å². The van der Waals surface area contributed by atoms with E-state index < -0.39 is 28.9 Å². The van der Waals surface area contributed by atoms with Gasteiger partial charge in [-0.1, -0.05) is 42.5 Å². The van der Waals surface area contributed by atoms with Crippen molar-refractivity contribution in [2.75, 3.05) is 12.4 Å². The van der Waals surface area contributed by atoms with E-state index in [1.807, 2.05) is 36.4 Å². The second-order valence-electron chi connectivity index (χ2n) is 7.32. The first-order valence-corrected chi connectivity index (χ1v) is 9.43. The molecule has 156 valence electrons. The van der Waals surface area contributed by atoms with Crippen molar-refractivity contribution in [3.63, 3.8) is 0 Å². The number of hydrogen-bond donors (Lipinski definition) is 1. The molecular formula is C24H23F2NO3. The van der Waals surface area contributed by atoms with E-state index in [1.165, 1.54) is 19.9 Å². The summed E-state index contributed by atoms with van der Waals surface area (Å²) >= 11 is 0. The van der Waals surface area contributed by atoms with Crippen molar-refractivity contribution in [1.29, 1.82) is 0 Å². The zero-order valence-corrected chi connectivity index (χ0v) is 17.0. The van der Waals surface area contributed by atoms with E-state index in [0.717, 1.165) is 28.8 Å². The number of benzene rings is 3. The predicted octanol–water partition coefficient (Wildman–Crippen LogP) is 5.57. The number of rotatable bonds is 7. The Morgan fingerprint density at radius 2 is 1.43 bits per heavy atom. The molecule has 0 fully saturated rings. The lowest BCUT2D eigenvalue weighted by Crippen LogP contribution is -2.43. The van der Waals surface area contributed by atoms with Crippen molar-refractivity contribution in [2.24, 2.45) is 0 Å². The van der Waals surface area contributed by atoms with E-state index in [0.29, 0.717) is 12.3 Å². The molecule has 6 heteroatoms. The lowest BCUT2D eigenvalue weighted by Gasteiger charge is -2.25. The fraction of sp³-hybridized carbons (Fsp3) is 0.208. The molecule has 0 heterocycles. The summed E-state index contributed by atoms with van der Waals surface area (Å²) in [5.41, 5.74) is 2.16. The fourth-order valence-electron chi connectivity index (χ4n) is 2.87. The van der Waals surface area contributed by atoms with E-state index in [-0.39, 0.29) is 0 Å². The van der Waals surface area contributed by atoms with Gasteiger partial charge < -0.3 is 14.8 Å². The maximum atomic E-state index is 13.8. The maximum absolute atomic E-state index is 13.8. The Kier molecular flexibility index (Phi) is 6.47. The van der Waals surface area contributed by atoms with Crippen LogP contribution in [0, 0.1) is 11.6 Å². The summed E-state index contributed by atoms with van der Waals surface area (Å²) in [5.74, 6) is -2.83. The average molecular weight is 411 g/mol. The monoisotopic (exact) mass is 411 g/mol. The topological polar surface area (TPSA) is 47.6 Å². The average Bonchev–Trinajstić information content (AvgIpc) is 2.72. The quantitative estimate of drug-likeness (QED) is 0.553. The number of carbonyl (C=O) groups excluding carboxylic acids is 1. The summed E-state index contributed by atoms with van der Waals surface area (Å²) in [6.45, 7) is 3.45. The molecule has 0 aliphatic heterocycles. The van der Waals surface area contributed by atoms with Crippen molar-refractivity contribution >= 4 is 11.6 Å². The third-order valence-electron chi connectivity index (χ3n) is 4.56. The summed E-state index contributed by atoms with van der Waals surface area (Å²) in [7, 11) is 1.65. The molecule has 0 atom stereocenters. The molecule has 0 bridgehead atoms. The second kappa shape index (κ2) is 9.05. The normalized spacial score (nSPS) is 11.2. The first-order valence-electron chi connectivity index (χ1n) is 9.43. The molecule has 0 aromatic heterocycles. The molecule has 0 radical (unpaired) electrons. The van der Waals surface area contributed by atoms with Crippen molar-refractivity contribution in [3.8, 4) is 16.9 Å². The number of halogens is 2. The summed E-state index contributed by atoms with van der Waals surface area (Å²) < 4.78 is 38.1. The first-order chi connectivity index (χ1) is 14.3. The molecule has 4 nitrogen and oxygen atoms in total. The first kappa shape index (κ1) is 21.5. The fourth-order valence-corrected chi connectivity index (χ4v) is 2.87. The minimum atomic E-state index is -1.49. The molecule has 3 rings (SSSR count). The van der Waals surface area contributed by atoms with Gasteiger partial charge in [0.2, 0.25) is 0 Å². The van der Waals surface area contributed by atoms with Crippen molar-refractivity contribution < 1.29 is 23.0 Å². The molecule has 0 aliphatic carbocycles. The van der Waals surface area contributed by atoms with Gasteiger partial charge in [-0.25, -0.2) is 8.78 Å². The third-order valence-corrected chi connectivity index (χ3v) is 4.56. The Labute approximate surface area is 174 Å². The van der Waals surface area contributed by atoms with E-state index in [9.17, 15) is 13.6 Å². The molecule has 0 spiro atoms. The smallest absolute Gasteiger partial charge is 0.267 e. The number of carbonyl (C=O) groups is 1. The number of hydrogen-bond acceptors (Lipinski definition) is 3. The van der Waals surface area contributed by atoms with Gasteiger partial charge >= 0.3 is 0 Å². The maximum Gasteiger partial charge on any atom is 0.267 e. The number of nitrogens with one attached hydrogen (secondary N) is 1. The van der Waals surface area contributed by atoms with E-state index in [1.54, 1.807) is 19.2 Å². The van der Waals surface area contributed by atoms with Crippen LogP contribution in [0.1, 0.15) is 19.4 Å². The molecule has 0 unspecified atom stereocenters. The summed E-state index contributed by atoms with van der Waals surface area (Å²) in [5, 5.41) is 2.72. The Balaban J connectivity index is 1.69. The van der Waals surface area contributed by atoms with E-state index in [4.69, 9.17) is 9.47 Å². The predicted molar refractivity (Wildman–Crippen MR) is 112 cm³/mol. The molecule has 30 heavy (non-hydrogen) atoms. The van der Waals surface area contributed by atoms with Gasteiger partial charge in [0.05, 0.1) is 6.61 Å². The van der Waals surface area contributed by atoms with Crippen LogP contribution in [0.25, 0.3) is 11.1 Å². The molecule has 1 amide bonds. The Bertz CT molecular complexity index is 995. The molecule has 3 aromatic carbocycles. The highest BCUT2D eigenvalue weighted by Crippen LogP contribution is 2.27. The lowest BCUT2D eigenvalue weighted by atomic mass is 10.0. The summed E-state index contributed by atoms with van der Waals surface area (Å²) in [6.07, 6.45) is 0. The van der Waals surface area contributed by atoms with Crippen LogP contribution in [0.3, 0.4) is 0 Å². The number of anilines is 1. The van der Waals surface area contributed by atoms with Crippen LogP contribution in [0.5, 0.6) is 5.75 Å². The van der Waals surface area contributed by atoms with Crippen LogP contribution in [0.4, 0.5) is 14.5 Å². The van der Waals surface area contributed by atoms with Gasteiger partial charge in [0.25, 0.3) is 5.91 Å². The van der Waals surface area contributed by atoms with Crippen LogP contribution in [0.2, 0.25) is 0 Å². The molecule has 0 saturated heterocycles.